The van der Waals surface area contributed by atoms with Crippen LogP contribution < -0.4 is 10.6 Å². The number of Topliss-reactive ketones (excluding diaryl/α,β-unsaturated/α-hetero) is 1. The minimum Gasteiger partial charge on any atom is -0.330 e. The molecule has 0 saturated carbocycles. The summed E-state index contributed by atoms with van der Waals surface area (Å²) in [5.74, 6) is -1.96. The van der Waals surface area contributed by atoms with Crippen molar-refractivity contribution in [3.05, 3.63) is 28.5 Å². The van der Waals surface area contributed by atoms with Crippen LogP contribution in [-0.4, -0.2) is 24.8 Å². The van der Waals surface area contributed by atoms with Crippen molar-refractivity contribution in [1.82, 2.24) is 0 Å². The summed E-state index contributed by atoms with van der Waals surface area (Å²) in [7, 11) is 0. The average Bonchev–Trinajstić information content (AvgIpc) is 2.52. The van der Waals surface area contributed by atoms with Crippen molar-refractivity contribution in [2.24, 2.45) is 5.73 Å². The Balaban J connectivity index is 2.45. The molecule has 0 spiro atoms. The average molecular weight is 257 g/mol. The van der Waals surface area contributed by atoms with Crippen LogP contribution in [0.25, 0.3) is 0 Å². The van der Waals surface area contributed by atoms with Gasteiger partial charge in [-0.3, -0.25) is 9.59 Å². The van der Waals surface area contributed by atoms with E-state index in [4.69, 9.17) is 17.3 Å². The van der Waals surface area contributed by atoms with Gasteiger partial charge in [0.25, 0.3) is 11.7 Å². The van der Waals surface area contributed by atoms with Gasteiger partial charge in [-0.05, 0) is 25.1 Å². The predicted molar refractivity (Wildman–Crippen MR) is 61.8 cm³/mol. The number of carbonyl (C=O) groups excluding carboxylic acids is 2. The van der Waals surface area contributed by atoms with Gasteiger partial charge in [0.05, 0.1) is 16.3 Å². The number of nitrogens with zero attached hydrogens (tertiary/aromatic N) is 1. The zero-order valence-corrected chi connectivity index (χ0v) is 9.63. The number of anilines is 1. The number of amides is 1. The van der Waals surface area contributed by atoms with Gasteiger partial charge in [-0.1, -0.05) is 11.6 Å². The summed E-state index contributed by atoms with van der Waals surface area (Å²) in [6, 6.07) is 2.30. The van der Waals surface area contributed by atoms with Crippen LogP contribution in [0.3, 0.4) is 0 Å². The highest BCUT2D eigenvalue weighted by Gasteiger charge is 2.36. The summed E-state index contributed by atoms with van der Waals surface area (Å²) in [6.07, 6.45) is 0.544. The molecule has 17 heavy (non-hydrogen) atoms. The highest BCUT2D eigenvalue weighted by molar-refractivity contribution is 6.52. The van der Waals surface area contributed by atoms with Crippen LogP contribution >= 0.6 is 11.6 Å². The van der Waals surface area contributed by atoms with Gasteiger partial charge >= 0.3 is 0 Å². The number of benzene rings is 1. The Morgan fingerprint density at radius 2 is 2.06 bits per heavy atom. The van der Waals surface area contributed by atoms with Gasteiger partial charge in [-0.15, -0.1) is 0 Å². The standard InChI is InChI=1S/C11H10ClFN2O2/c12-7-4-6-9(5-8(7)13)15(3-1-2-14)11(17)10(6)16/h4-5H,1-3,14H2. The van der Waals surface area contributed by atoms with E-state index in [1.807, 2.05) is 0 Å². The third-order valence-electron chi connectivity index (χ3n) is 2.60. The number of hydrogen-bond donors (Lipinski definition) is 1. The molecule has 1 aromatic rings. The first-order valence-corrected chi connectivity index (χ1v) is 5.49. The van der Waals surface area contributed by atoms with Crippen LogP contribution in [0.2, 0.25) is 5.02 Å². The second-order valence-electron chi connectivity index (χ2n) is 3.71. The molecule has 0 saturated heterocycles. The summed E-state index contributed by atoms with van der Waals surface area (Å²) >= 11 is 5.58. The molecule has 0 bridgehead atoms. The molecule has 1 amide bonds. The maximum atomic E-state index is 13.3. The van der Waals surface area contributed by atoms with Crippen LogP contribution in [0.5, 0.6) is 0 Å². The van der Waals surface area contributed by atoms with E-state index < -0.39 is 17.5 Å². The van der Waals surface area contributed by atoms with Crippen molar-refractivity contribution in [2.75, 3.05) is 18.0 Å². The summed E-state index contributed by atoms with van der Waals surface area (Å²) in [6.45, 7) is 0.693. The SMILES string of the molecule is NCCCN1C(=O)C(=O)c2cc(Cl)c(F)cc21. The van der Waals surface area contributed by atoms with Crippen molar-refractivity contribution in [2.45, 2.75) is 6.42 Å². The Labute approximate surface area is 102 Å². The molecular formula is C11H10ClFN2O2. The van der Waals surface area contributed by atoms with E-state index >= 15 is 0 Å². The molecule has 4 nitrogen and oxygen atoms in total. The maximum Gasteiger partial charge on any atom is 0.299 e. The summed E-state index contributed by atoms with van der Waals surface area (Å²) in [4.78, 5) is 24.5. The minimum atomic E-state index is -0.657. The van der Waals surface area contributed by atoms with Crippen LogP contribution in [0, 0.1) is 5.82 Å². The highest BCUT2D eigenvalue weighted by Crippen LogP contribution is 2.33. The Morgan fingerprint density at radius 1 is 1.35 bits per heavy atom. The summed E-state index contributed by atoms with van der Waals surface area (Å²) < 4.78 is 13.3. The fourth-order valence-electron chi connectivity index (χ4n) is 1.76. The molecule has 2 N–H and O–H groups in total. The molecule has 6 heteroatoms. The predicted octanol–water partition coefficient (Wildman–Crippen LogP) is 1.36. The Morgan fingerprint density at radius 3 is 2.71 bits per heavy atom. The Kier molecular flexibility index (Phi) is 3.13. The van der Waals surface area contributed by atoms with Crippen LogP contribution in [0.1, 0.15) is 16.8 Å². The molecular weight excluding hydrogens is 247 g/mol. The smallest absolute Gasteiger partial charge is 0.299 e. The van der Waals surface area contributed by atoms with Crippen molar-refractivity contribution >= 4 is 29.0 Å². The van der Waals surface area contributed by atoms with E-state index in [0.29, 0.717) is 19.5 Å². The molecule has 0 aromatic heterocycles. The van der Waals surface area contributed by atoms with Gasteiger partial charge in [-0.2, -0.15) is 0 Å². The van der Waals surface area contributed by atoms with E-state index in [1.54, 1.807) is 0 Å². The second kappa shape index (κ2) is 4.43. The molecule has 1 aliphatic rings. The third kappa shape index (κ3) is 1.92. The van der Waals surface area contributed by atoms with E-state index in [2.05, 4.69) is 0 Å². The molecule has 2 rings (SSSR count). The second-order valence-corrected chi connectivity index (χ2v) is 4.12. The first kappa shape index (κ1) is 12.0. The number of fused-ring (bicyclic) bond motifs is 1. The molecule has 0 aliphatic carbocycles. The van der Waals surface area contributed by atoms with Gasteiger partial charge in [0.1, 0.15) is 5.82 Å². The van der Waals surface area contributed by atoms with E-state index in [0.717, 1.165) is 6.07 Å². The van der Waals surface area contributed by atoms with Gasteiger partial charge in [0, 0.05) is 6.54 Å². The summed E-state index contributed by atoms with van der Waals surface area (Å²) in [5, 5.41) is -0.162. The van der Waals surface area contributed by atoms with Gasteiger partial charge < -0.3 is 10.6 Å². The minimum absolute atomic E-state index is 0.151. The third-order valence-corrected chi connectivity index (χ3v) is 2.89. The number of halogens is 2. The lowest BCUT2D eigenvalue weighted by molar-refractivity contribution is -0.114. The molecule has 0 unspecified atom stereocenters. The van der Waals surface area contributed by atoms with Crippen LogP contribution in [0.4, 0.5) is 10.1 Å². The van der Waals surface area contributed by atoms with Gasteiger partial charge in [-0.25, -0.2) is 4.39 Å². The van der Waals surface area contributed by atoms with Crippen molar-refractivity contribution in [1.29, 1.82) is 0 Å². The van der Waals surface area contributed by atoms with E-state index in [1.165, 1.54) is 11.0 Å². The topological polar surface area (TPSA) is 63.4 Å². The zero-order chi connectivity index (χ0) is 12.6. The summed E-state index contributed by atoms with van der Waals surface area (Å²) in [5.41, 5.74) is 5.77. The van der Waals surface area contributed by atoms with Crippen molar-refractivity contribution < 1.29 is 14.0 Å². The highest BCUT2D eigenvalue weighted by atomic mass is 35.5. The van der Waals surface area contributed by atoms with Crippen molar-refractivity contribution in [3.8, 4) is 0 Å². The number of carbonyl (C=O) groups is 2. The van der Waals surface area contributed by atoms with E-state index in [9.17, 15) is 14.0 Å². The Bertz CT molecular complexity index is 504. The monoisotopic (exact) mass is 256 g/mol. The van der Waals surface area contributed by atoms with Gasteiger partial charge in [0.2, 0.25) is 0 Å². The fraction of sp³-hybridized carbons (Fsp3) is 0.273. The first-order chi connectivity index (χ1) is 8.06. The first-order valence-electron chi connectivity index (χ1n) is 5.11. The van der Waals surface area contributed by atoms with Gasteiger partial charge in [0.15, 0.2) is 0 Å². The molecule has 1 heterocycles. The number of nitrogens with two attached hydrogens (primary N) is 1. The largest absolute Gasteiger partial charge is 0.330 e. The van der Waals surface area contributed by atoms with E-state index in [-0.39, 0.29) is 16.3 Å². The normalized spacial score (nSPS) is 14.4. The number of rotatable bonds is 3. The number of ketones is 1. The lowest BCUT2D eigenvalue weighted by Gasteiger charge is -2.15. The number of hydrogen-bond acceptors (Lipinski definition) is 3. The molecule has 90 valence electrons. The van der Waals surface area contributed by atoms with Crippen LogP contribution in [-0.2, 0) is 4.79 Å². The quantitative estimate of drug-likeness (QED) is 0.831. The molecule has 1 aliphatic heterocycles. The molecule has 0 atom stereocenters. The molecule has 0 radical (unpaired) electrons. The Hall–Kier alpha value is -1.46. The lowest BCUT2D eigenvalue weighted by atomic mass is 10.1. The molecule has 1 aromatic carbocycles. The molecule has 0 fully saturated rings. The van der Waals surface area contributed by atoms with Crippen LogP contribution in [0.15, 0.2) is 12.1 Å². The lowest BCUT2D eigenvalue weighted by Crippen LogP contribution is -2.31. The maximum absolute atomic E-state index is 13.3. The fourth-order valence-corrected chi connectivity index (χ4v) is 1.92. The zero-order valence-electron chi connectivity index (χ0n) is 8.87. The van der Waals surface area contributed by atoms with Crippen molar-refractivity contribution in [3.63, 3.8) is 0 Å².